The van der Waals surface area contributed by atoms with Gasteiger partial charge in [-0.25, -0.2) is 0 Å². The monoisotopic (exact) mass is 270 g/mol. The van der Waals surface area contributed by atoms with E-state index in [1.54, 1.807) is 6.33 Å². The summed E-state index contributed by atoms with van der Waals surface area (Å²) in [6, 6.07) is 8.96. The highest BCUT2D eigenvalue weighted by Gasteiger charge is 2.20. The maximum atomic E-state index is 4.23. The Kier molecular flexibility index (Phi) is 3.72. The van der Waals surface area contributed by atoms with E-state index in [2.05, 4.69) is 46.7 Å². The van der Waals surface area contributed by atoms with Crippen LogP contribution in [0.1, 0.15) is 32.6 Å². The minimum atomic E-state index is 0.577. The third kappa shape index (κ3) is 2.69. The van der Waals surface area contributed by atoms with Crippen LogP contribution in [0.15, 0.2) is 30.6 Å². The molecule has 20 heavy (non-hydrogen) atoms. The van der Waals surface area contributed by atoms with Crippen LogP contribution in [0.2, 0.25) is 0 Å². The van der Waals surface area contributed by atoms with Gasteiger partial charge in [-0.15, -0.1) is 10.2 Å². The standard InChI is InChI=1S/C16H22N4/c1-12-6-5-7-13(10-12)18-15-9-4-3-8-14(15)16-19-17-11-20(16)2/h3-4,8-9,11-13,18H,5-7,10H2,1-2H3. The first-order valence-electron chi connectivity index (χ1n) is 7.44. The third-order valence-electron chi connectivity index (χ3n) is 4.18. The summed E-state index contributed by atoms with van der Waals surface area (Å²) >= 11 is 0. The Morgan fingerprint density at radius 2 is 2.10 bits per heavy atom. The highest BCUT2D eigenvalue weighted by molar-refractivity contribution is 5.73. The van der Waals surface area contributed by atoms with E-state index in [4.69, 9.17) is 0 Å². The fourth-order valence-corrected chi connectivity index (χ4v) is 3.12. The van der Waals surface area contributed by atoms with Gasteiger partial charge in [0.15, 0.2) is 5.82 Å². The zero-order chi connectivity index (χ0) is 13.9. The number of aromatic nitrogens is 3. The van der Waals surface area contributed by atoms with Crippen molar-refractivity contribution < 1.29 is 0 Å². The van der Waals surface area contributed by atoms with Gasteiger partial charge in [0.1, 0.15) is 6.33 Å². The fraction of sp³-hybridized carbons (Fsp3) is 0.500. The zero-order valence-electron chi connectivity index (χ0n) is 12.2. The van der Waals surface area contributed by atoms with Gasteiger partial charge in [0.05, 0.1) is 0 Å². The van der Waals surface area contributed by atoms with E-state index < -0.39 is 0 Å². The van der Waals surface area contributed by atoms with Crippen LogP contribution in [0.5, 0.6) is 0 Å². The SMILES string of the molecule is CC1CCCC(Nc2ccccc2-c2nncn2C)C1. The molecule has 2 aromatic rings. The minimum Gasteiger partial charge on any atom is -0.382 e. The number of anilines is 1. The molecule has 1 fully saturated rings. The Bertz CT molecular complexity index is 575. The van der Waals surface area contributed by atoms with E-state index in [-0.39, 0.29) is 0 Å². The van der Waals surface area contributed by atoms with Crippen molar-refractivity contribution in [3.8, 4) is 11.4 Å². The summed E-state index contributed by atoms with van der Waals surface area (Å²) in [5, 5.41) is 11.9. The van der Waals surface area contributed by atoms with Gasteiger partial charge in [-0.2, -0.15) is 0 Å². The Morgan fingerprint density at radius 3 is 2.85 bits per heavy atom. The second-order valence-electron chi connectivity index (χ2n) is 5.92. The summed E-state index contributed by atoms with van der Waals surface area (Å²) in [6.45, 7) is 2.35. The van der Waals surface area contributed by atoms with Crippen LogP contribution in [0, 0.1) is 5.92 Å². The topological polar surface area (TPSA) is 42.7 Å². The second-order valence-corrected chi connectivity index (χ2v) is 5.92. The molecular formula is C16H22N4. The Labute approximate surface area is 120 Å². The van der Waals surface area contributed by atoms with Gasteiger partial charge >= 0.3 is 0 Å². The van der Waals surface area contributed by atoms with Crippen LogP contribution >= 0.6 is 0 Å². The van der Waals surface area contributed by atoms with Crippen molar-refractivity contribution in [2.75, 3.05) is 5.32 Å². The minimum absolute atomic E-state index is 0.577. The normalized spacial score (nSPS) is 22.7. The zero-order valence-corrected chi connectivity index (χ0v) is 12.2. The lowest BCUT2D eigenvalue weighted by molar-refractivity contribution is 0.359. The number of nitrogens with one attached hydrogen (secondary N) is 1. The van der Waals surface area contributed by atoms with Gasteiger partial charge in [0.2, 0.25) is 0 Å². The van der Waals surface area contributed by atoms with E-state index in [0.29, 0.717) is 6.04 Å². The van der Waals surface area contributed by atoms with Gasteiger partial charge < -0.3 is 9.88 Å². The predicted molar refractivity (Wildman–Crippen MR) is 81.5 cm³/mol. The average molecular weight is 270 g/mol. The molecule has 4 nitrogen and oxygen atoms in total. The van der Waals surface area contributed by atoms with Crippen molar-refractivity contribution in [2.24, 2.45) is 13.0 Å². The lowest BCUT2D eigenvalue weighted by Gasteiger charge is -2.29. The molecule has 0 radical (unpaired) electrons. The largest absolute Gasteiger partial charge is 0.382 e. The molecule has 106 valence electrons. The van der Waals surface area contributed by atoms with Crippen LogP contribution in [0.4, 0.5) is 5.69 Å². The summed E-state index contributed by atoms with van der Waals surface area (Å²) in [5.41, 5.74) is 2.30. The van der Waals surface area contributed by atoms with E-state index in [0.717, 1.165) is 17.3 Å². The van der Waals surface area contributed by atoms with Crippen LogP contribution in [-0.4, -0.2) is 20.8 Å². The van der Waals surface area contributed by atoms with E-state index >= 15 is 0 Å². The van der Waals surface area contributed by atoms with Gasteiger partial charge in [-0.05, 0) is 30.9 Å². The molecule has 0 saturated heterocycles. The number of rotatable bonds is 3. The molecule has 1 saturated carbocycles. The number of hydrogen-bond donors (Lipinski definition) is 1. The number of nitrogens with zero attached hydrogens (tertiary/aromatic N) is 3. The van der Waals surface area contributed by atoms with Crippen molar-refractivity contribution in [1.29, 1.82) is 0 Å². The molecule has 2 atom stereocenters. The van der Waals surface area contributed by atoms with Crippen molar-refractivity contribution in [3.05, 3.63) is 30.6 Å². The van der Waals surface area contributed by atoms with Crippen molar-refractivity contribution in [1.82, 2.24) is 14.8 Å². The fourth-order valence-electron chi connectivity index (χ4n) is 3.12. The maximum absolute atomic E-state index is 4.23. The Morgan fingerprint density at radius 1 is 1.25 bits per heavy atom. The molecule has 0 amide bonds. The van der Waals surface area contributed by atoms with Crippen LogP contribution in [-0.2, 0) is 7.05 Å². The maximum Gasteiger partial charge on any atom is 0.165 e. The molecule has 0 spiro atoms. The van der Waals surface area contributed by atoms with Crippen LogP contribution < -0.4 is 5.32 Å². The van der Waals surface area contributed by atoms with Crippen LogP contribution in [0.25, 0.3) is 11.4 Å². The first-order valence-corrected chi connectivity index (χ1v) is 7.44. The van der Waals surface area contributed by atoms with Gasteiger partial charge in [-0.1, -0.05) is 31.9 Å². The predicted octanol–water partition coefficient (Wildman–Crippen LogP) is 3.47. The summed E-state index contributed by atoms with van der Waals surface area (Å²) in [7, 11) is 1.98. The first kappa shape index (κ1) is 13.2. The van der Waals surface area contributed by atoms with E-state index in [1.807, 2.05) is 11.6 Å². The van der Waals surface area contributed by atoms with Crippen molar-refractivity contribution in [2.45, 2.75) is 38.6 Å². The van der Waals surface area contributed by atoms with Crippen molar-refractivity contribution >= 4 is 5.69 Å². The summed E-state index contributed by atoms with van der Waals surface area (Å²) in [4.78, 5) is 0. The number of hydrogen-bond acceptors (Lipinski definition) is 3. The highest BCUT2D eigenvalue weighted by atomic mass is 15.2. The molecule has 1 N–H and O–H groups in total. The molecule has 1 aliphatic rings. The third-order valence-corrected chi connectivity index (χ3v) is 4.18. The summed E-state index contributed by atoms with van der Waals surface area (Å²) in [6.07, 6.45) is 6.95. The average Bonchev–Trinajstić information content (AvgIpc) is 2.86. The van der Waals surface area contributed by atoms with Gasteiger partial charge in [-0.3, -0.25) is 0 Å². The number of para-hydroxylation sites is 1. The van der Waals surface area contributed by atoms with Crippen LogP contribution in [0.3, 0.4) is 0 Å². The van der Waals surface area contributed by atoms with E-state index in [1.165, 1.54) is 31.4 Å². The second kappa shape index (κ2) is 5.65. The lowest BCUT2D eigenvalue weighted by atomic mass is 9.87. The lowest BCUT2D eigenvalue weighted by Crippen LogP contribution is -2.26. The summed E-state index contributed by atoms with van der Waals surface area (Å²) < 4.78 is 1.96. The smallest absolute Gasteiger partial charge is 0.165 e. The highest BCUT2D eigenvalue weighted by Crippen LogP contribution is 2.30. The molecule has 1 aliphatic carbocycles. The molecule has 0 bridgehead atoms. The molecule has 1 aromatic heterocycles. The molecule has 4 heteroatoms. The molecule has 1 heterocycles. The molecule has 3 rings (SSSR count). The van der Waals surface area contributed by atoms with E-state index in [9.17, 15) is 0 Å². The van der Waals surface area contributed by atoms with Gasteiger partial charge in [0.25, 0.3) is 0 Å². The molecule has 1 aromatic carbocycles. The number of aryl methyl sites for hydroxylation is 1. The Hall–Kier alpha value is -1.84. The quantitative estimate of drug-likeness (QED) is 0.928. The number of benzene rings is 1. The molecular weight excluding hydrogens is 248 g/mol. The summed E-state index contributed by atoms with van der Waals surface area (Å²) in [5.74, 6) is 1.74. The Balaban J connectivity index is 1.85. The first-order chi connectivity index (χ1) is 9.74. The molecule has 0 aliphatic heterocycles. The van der Waals surface area contributed by atoms with Gasteiger partial charge in [0, 0.05) is 24.3 Å². The molecule has 2 unspecified atom stereocenters. The van der Waals surface area contributed by atoms with Crippen molar-refractivity contribution in [3.63, 3.8) is 0 Å².